The van der Waals surface area contributed by atoms with E-state index in [9.17, 15) is 0 Å². The van der Waals surface area contributed by atoms with Crippen LogP contribution in [-0.4, -0.2) is 25.9 Å². The molecule has 0 saturated carbocycles. The topological polar surface area (TPSA) is 55.6 Å². The van der Waals surface area contributed by atoms with Gasteiger partial charge >= 0.3 is 0 Å². The Morgan fingerprint density at radius 1 is 1.33 bits per heavy atom. The molecule has 2 aromatic heterocycles. The number of aromatic nitrogens is 4. The van der Waals surface area contributed by atoms with Crippen LogP contribution in [0.4, 0.5) is 0 Å². The molecule has 5 nitrogen and oxygen atoms in total. The minimum Gasteiger partial charge on any atom is -0.309 e. The number of hydrogen-bond acceptors (Lipinski definition) is 5. The average molecular weight is 307 g/mol. The Labute approximate surface area is 130 Å². The van der Waals surface area contributed by atoms with Crippen LogP contribution in [0.15, 0.2) is 6.07 Å². The minimum absolute atomic E-state index is 0.258. The summed E-state index contributed by atoms with van der Waals surface area (Å²) in [6, 6.07) is 2.44. The second-order valence-electron chi connectivity index (χ2n) is 5.58. The molecular formula is C15H25N5S. The van der Waals surface area contributed by atoms with Crippen LogP contribution in [0, 0.1) is 6.92 Å². The van der Waals surface area contributed by atoms with Crippen LogP contribution in [0.3, 0.4) is 0 Å². The van der Waals surface area contributed by atoms with Crippen molar-refractivity contribution in [3.05, 3.63) is 28.0 Å². The van der Waals surface area contributed by atoms with Gasteiger partial charge in [0, 0.05) is 18.7 Å². The largest absolute Gasteiger partial charge is 0.309 e. The SMILES string of the molecule is CCNC(Cc1cc(C)nn1CC)c1snnc1C(C)C. The standard InChI is InChI=1S/C15H25N5S/c1-6-16-13(15-14(10(3)4)17-19-21-15)9-12-8-11(5)18-20(12)7-2/h8,10,13,16H,6-7,9H2,1-5H3. The van der Waals surface area contributed by atoms with Gasteiger partial charge < -0.3 is 5.32 Å². The Kier molecular flexibility index (Phi) is 5.47. The first-order chi connectivity index (χ1) is 10.1. The van der Waals surface area contributed by atoms with E-state index in [2.05, 4.69) is 58.4 Å². The number of likely N-dealkylation sites (N-methyl/N-ethyl adjacent to an activating group) is 1. The molecule has 2 heterocycles. The first kappa shape index (κ1) is 16.1. The zero-order valence-corrected chi connectivity index (χ0v) is 14.4. The van der Waals surface area contributed by atoms with Crippen LogP contribution in [0.5, 0.6) is 0 Å². The second kappa shape index (κ2) is 7.13. The van der Waals surface area contributed by atoms with Crippen LogP contribution >= 0.6 is 11.5 Å². The third-order valence-corrected chi connectivity index (χ3v) is 4.41. The Balaban J connectivity index is 2.28. The van der Waals surface area contributed by atoms with Crippen LogP contribution in [0.1, 0.15) is 61.6 Å². The molecule has 0 aliphatic carbocycles. The third kappa shape index (κ3) is 3.68. The molecule has 0 radical (unpaired) electrons. The quantitative estimate of drug-likeness (QED) is 0.854. The molecule has 0 aliphatic heterocycles. The first-order valence-electron chi connectivity index (χ1n) is 7.65. The molecule has 0 aliphatic rings. The summed E-state index contributed by atoms with van der Waals surface area (Å²) < 4.78 is 6.25. The molecule has 0 bridgehead atoms. The lowest BCUT2D eigenvalue weighted by Gasteiger charge is -2.18. The van der Waals surface area contributed by atoms with Gasteiger partial charge in [-0.3, -0.25) is 4.68 Å². The van der Waals surface area contributed by atoms with E-state index in [1.54, 1.807) is 0 Å². The van der Waals surface area contributed by atoms with Crippen molar-refractivity contribution < 1.29 is 0 Å². The Hall–Kier alpha value is -1.27. The maximum atomic E-state index is 4.54. The van der Waals surface area contributed by atoms with E-state index < -0.39 is 0 Å². The molecule has 116 valence electrons. The molecule has 0 saturated heterocycles. The molecule has 21 heavy (non-hydrogen) atoms. The van der Waals surface area contributed by atoms with Crippen LogP contribution in [0.2, 0.25) is 0 Å². The van der Waals surface area contributed by atoms with Crippen LogP contribution < -0.4 is 5.32 Å². The molecule has 0 amide bonds. The molecule has 0 fully saturated rings. The smallest absolute Gasteiger partial charge is 0.0829 e. The lowest BCUT2D eigenvalue weighted by atomic mass is 10.0. The molecule has 1 unspecified atom stereocenters. The molecule has 0 aromatic carbocycles. The van der Waals surface area contributed by atoms with Crippen molar-refractivity contribution in [2.75, 3.05) is 6.54 Å². The van der Waals surface area contributed by atoms with E-state index >= 15 is 0 Å². The summed E-state index contributed by atoms with van der Waals surface area (Å²) in [5.74, 6) is 0.401. The van der Waals surface area contributed by atoms with Crippen molar-refractivity contribution in [2.24, 2.45) is 0 Å². The van der Waals surface area contributed by atoms with Crippen molar-refractivity contribution in [1.82, 2.24) is 24.7 Å². The fraction of sp³-hybridized carbons (Fsp3) is 0.667. The Bertz CT molecular complexity index is 572. The molecule has 0 spiro atoms. The van der Waals surface area contributed by atoms with Crippen LogP contribution in [-0.2, 0) is 13.0 Å². The summed E-state index contributed by atoms with van der Waals surface area (Å²) in [4.78, 5) is 1.26. The highest BCUT2D eigenvalue weighted by molar-refractivity contribution is 7.05. The van der Waals surface area contributed by atoms with Gasteiger partial charge in [-0.2, -0.15) is 5.10 Å². The maximum Gasteiger partial charge on any atom is 0.0829 e. The van der Waals surface area contributed by atoms with Crippen molar-refractivity contribution >= 4 is 11.5 Å². The predicted molar refractivity (Wildman–Crippen MR) is 86.8 cm³/mol. The summed E-state index contributed by atoms with van der Waals surface area (Å²) in [5.41, 5.74) is 3.46. The fourth-order valence-corrected chi connectivity index (χ4v) is 3.48. The number of nitrogens with zero attached hydrogens (tertiary/aromatic N) is 4. The van der Waals surface area contributed by atoms with E-state index in [1.165, 1.54) is 22.1 Å². The maximum absolute atomic E-state index is 4.54. The summed E-state index contributed by atoms with van der Waals surface area (Å²) >= 11 is 1.51. The van der Waals surface area contributed by atoms with E-state index in [1.807, 2.05) is 6.92 Å². The number of nitrogens with one attached hydrogen (secondary N) is 1. The van der Waals surface area contributed by atoms with Gasteiger partial charge in [-0.05, 0) is 43.9 Å². The van der Waals surface area contributed by atoms with E-state index in [0.717, 1.165) is 30.9 Å². The number of hydrogen-bond donors (Lipinski definition) is 1. The van der Waals surface area contributed by atoms with Gasteiger partial charge in [0.25, 0.3) is 0 Å². The number of aryl methyl sites for hydroxylation is 2. The highest BCUT2D eigenvalue weighted by atomic mass is 32.1. The number of rotatable bonds is 7. The third-order valence-electron chi connectivity index (χ3n) is 3.55. The highest BCUT2D eigenvalue weighted by Gasteiger charge is 2.22. The zero-order valence-electron chi connectivity index (χ0n) is 13.6. The van der Waals surface area contributed by atoms with Gasteiger partial charge in [0.05, 0.1) is 22.3 Å². The molecule has 1 atom stereocenters. The molecule has 1 N–H and O–H groups in total. The van der Waals surface area contributed by atoms with E-state index in [4.69, 9.17) is 0 Å². The summed E-state index contributed by atoms with van der Waals surface area (Å²) in [6.07, 6.45) is 0.923. The van der Waals surface area contributed by atoms with Gasteiger partial charge in [-0.15, -0.1) is 5.10 Å². The first-order valence-corrected chi connectivity index (χ1v) is 8.42. The monoisotopic (exact) mass is 307 g/mol. The molecule has 2 rings (SSSR count). The van der Waals surface area contributed by atoms with Gasteiger partial charge in [-0.25, -0.2) is 0 Å². The minimum atomic E-state index is 0.258. The van der Waals surface area contributed by atoms with Crippen LogP contribution in [0.25, 0.3) is 0 Å². The molecular weight excluding hydrogens is 282 g/mol. The molecule has 6 heteroatoms. The Morgan fingerprint density at radius 2 is 2.10 bits per heavy atom. The highest BCUT2D eigenvalue weighted by Crippen LogP contribution is 2.28. The van der Waals surface area contributed by atoms with Crippen molar-refractivity contribution in [2.45, 2.75) is 59.5 Å². The summed E-state index contributed by atoms with van der Waals surface area (Å²) in [6.45, 7) is 12.5. The van der Waals surface area contributed by atoms with E-state index in [0.29, 0.717) is 5.92 Å². The van der Waals surface area contributed by atoms with Gasteiger partial charge in [0.2, 0.25) is 0 Å². The van der Waals surface area contributed by atoms with Gasteiger partial charge in [0.15, 0.2) is 0 Å². The van der Waals surface area contributed by atoms with Gasteiger partial charge in [-0.1, -0.05) is 25.3 Å². The van der Waals surface area contributed by atoms with Crippen molar-refractivity contribution in [3.8, 4) is 0 Å². The normalized spacial score (nSPS) is 13.0. The van der Waals surface area contributed by atoms with E-state index in [-0.39, 0.29) is 6.04 Å². The van der Waals surface area contributed by atoms with Crippen molar-refractivity contribution in [1.29, 1.82) is 0 Å². The zero-order chi connectivity index (χ0) is 15.4. The fourth-order valence-electron chi connectivity index (χ4n) is 2.60. The lowest BCUT2D eigenvalue weighted by molar-refractivity contribution is 0.516. The molecule has 2 aromatic rings. The Morgan fingerprint density at radius 3 is 2.71 bits per heavy atom. The summed E-state index contributed by atoms with van der Waals surface area (Å²) in [7, 11) is 0. The lowest BCUT2D eigenvalue weighted by Crippen LogP contribution is -2.24. The second-order valence-corrected chi connectivity index (χ2v) is 6.37. The predicted octanol–water partition coefficient (Wildman–Crippen LogP) is 3.08. The van der Waals surface area contributed by atoms with Crippen molar-refractivity contribution in [3.63, 3.8) is 0 Å². The van der Waals surface area contributed by atoms with Gasteiger partial charge in [0.1, 0.15) is 0 Å². The average Bonchev–Trinajstić information content (AvgIpc) is 3.04. The summed E-state index contributed by atoms with van der Waals surface area (Å²) in [5, 5.41) is 12.4.